The van der Waals surface area contributed by atoms with E-state index < -0.39 is 5.97 Å². The summed E-state index contributed by atoms with van der Waals surface area (Å²) in [5.74, 6) is 0.294. The smallest absolute Gasteiger partial charge is 0.333 e. The fraction of sp³-hybridized carbons (Fsp3) is 0.444. The zero-order valence-electron chi connectivity index (χ0n) is 14.0. The number of rotatable bonds is 3. The van der Waals surface area contributed by atoms with Crippen LogP contribution in [0.2, 0.25) is 0 Å². The van der Waals surface area contributed by atoms with Crippen molar-refractivity contribution in [3.63, 3.8) is 0 Å². The minimum Gasteiger partial charge on any atom is -0.500 e. The maximum atomic E-state index is 12.6. The number of nitrogens with zero attached hydrogens (tertiary/aromatic N) is 1. The lowest BCUT2D eigenvalue weighted by Gasteiger charge is -2.35. The molecule has 6 nitrogen and oxygen atoms in total. The van der Waals surface area contributed by atoms with Gasteiger partial charge in [0.1, 0.15) is 18.1 Å². The number of aliphatic carboxylic acids is 1. The molecule has 128 valence electrons. The highest BCUT2D eigenvalue weighted by molar-refractivity contribution is 6.03. The summed E-state index contributed by atoms with van der Waals surface area (Å²) >= 11 is 0. The molecule has 2 aliphatic heterocycles. The van der Waals surface area contributed by atoms with Gasteiger partial charge in [-0.05, 0) is 5.92 Å². The quantitative estimate of drug-likeness (QED) is 0.855. The molecule has 0 radical (unpaired) electrons. The Balaban J connectivity index is 2.10. The summed E-state index contributed by atoms with van der Waals surface area (Å²) in [6.07, 6.45) is 5.69. The van der Waals surface area contributed by atoms with E-state index in [-0.39, 0.29) is 30.6 Å². The second-order valence-electron chi connectivity index (χ2n) is 6.44. The molecule has 0 aromatic heterocycles. The predicted octanol–water partition coefficient (Wildman–Crippen LogP) is 2.36. The van der Waals surface area contributed by atoms with Crippen molar-refractivity contribution in [2.24, 2.45) is 5.92 Å². The topological polar surface area (TPSA) is 76.1 Å². The molecule has 0 amide bonds. The number of Topliss-reactive ketones (excluding diaryl/α,β-unsaturated/α-hetero) is 1. The Hall–Kier alpha value is -2.50. The van der Waals surface area contributed by atoms with Crippen molar-refractivity contribution in [2.45, 2.75) is 32.7 Å². The van der Waals surface area contributed by atoms with Crippen LogP contribution in [0, 0.1) is 5.92 Å². The molecule has 0 saturated heterocycles. The van der Waals surface area contributed by atoms with Crippen molar-refractivity contribution < 1.29 is 24.2 Å². The number of carbonyl (C=O) groups is 2. The van der Waals surface area contributed by atoms with E-state index in [4.69, 9.17) is 9.47 Å². The van der Waals surface area contributed by atoms with Crippen molar-refractivity contribution >= 4 is 11.8 Å². The number of ketones is 1. The number of carboxylic acids is 1. The normalized spacial score (nSPS) is 23.5. The molecule has 0 fully saturated rings. The minimum absolute atomic E-state index is 0.0521. The number of hydrogen-bond donors (Lipinski definition) is 1. The molecule has 0 aromatic carbocycles. The molecule has 1 aliphatic carbocycles. The Morgan fingerprint density at radius 2 is 2.21 bits per heavy atom. The summed E-state index contributed by atoms with van der Waals surface area (Å²) in [7, 11) is 1.53. The Labute approximate surface area is 140 Å². The van der Waals surface area contributed by atoms with Gasteiger partial charge in [0.15, 0.2) is 5.78 Å². The van der Waals surface area contributed by atoms with Crippen LogP contribution in [0.1, 0.15) is 26.7 Å². The fourth-order valence-electron chi connectivity index (χ4n) is 3.19. The largest absolute Gasteiger partial charge is 0.500 e. The van der Waals surface area contributed by atoms with Gasteiger partial charge in [-0.2, -0.15) is 0 Å². The Morgan fingerprint density at radius 1 is 1.46 bits per heavy atom. The first-order valence-corrected chi connectivity index (χ1v) is 8.00. The number of carbonyl (C=O) groups excluding carboxylic acids is 1. The SMILES string of the molecule is COC1=CC2=C(C(=O)C1)C1=CCC(C(=O)O)=CN1[C@H](C(C)C)CO2. The molecule has 24 heavy (non-hydrogen) atoms. The lowest BCUT2D eigenvalue weighted by molar-refractivity contribution is -0.132. The average molecular weight is 331 g/mol. The van der Waals surface area contributed by atoms with E-state index in [1.807, 2.05) is 11.0 Å². The van der Waals surface area contributed by atoms with E-state index in [1.165, 1.54) is 7.11 Å². The third kappa shape index (κ3) is 2.72. The van der Waals surface area contributed by atoms with Crippen LogP contribution in [-0.2, 0) is 19.1 Å². The Morgan fingerprint density at radius 3 is 2.83 bits per heavy atom. The van der Waals surface area contributed by atoms with Crippen molar-refractivity contribution in [2.75, 3.05) is 13.7 Å². The lowest BCUT2D eigenvalue weighted by Crippen LogP contribution is -2.39. The van der Waals surface area contributed by atoms with Crippen LogP contribution in [0.5, 0.6) is 0 Å². The van der Waals surface area contributed by atoms with Gasteiger partial charge in [0.25, 0.3) is 0 Å². The number of carboxylic acid groups (broad SMARTS) is 1. The molecule has 0 unspecified atom stereocenters. The molecular formula is C18H21NO5. The number of ether oxygens (including phenoxy) is 2. The summed E-state index contributed by atoms with van der Waals surface area (Å²) in [6, 6.07) is -0.0521. The second kappa shape index (κ2) is 6.19. The maximum absolute atomic E-state index is 12.6. The van der Waals surface area contributed by atoms with Crippen LogP contribution in [0.25, 0.3) is 0 Å². The van der Waals surface area contributed by atoms with Gasteiger partial charge in [-0.25, -0.2) is 4.79 Å². The maximum Gasteiger partial charge on any atom is 0.333 e. The van der Waals surface area contributed by atoms with Gasteiger partial charge >= 0.3 is 5.97 Å². The van der Waals surface area contributed by atoms with Crippen LogP contribution in [0.15, 0.2) is 46.7 Å². The van der Waals surface area contributed by atoms with E-state index in [2.05, 4.69) is 13.8 Å². The summed E-state index contributed by atoms with van der Waals surface area (Å²) in [5, 5.41) is 9.31. The average Bonchev–Trinajstić information content (AvgIpc) is 2.70. The first-order chi connectivity index (χ1) is 11.4. The molecule has 3 aliphatic rings. The molecule has 0 bridgehead atoms. The highest BCUT2D eigenvalue weighted by Gasteiger charge is 2.37. The van der Waals surface area contributed by atoms with Crippen LogP contribution in [0.4, 0.5) is 0 Å². The summed E-state index contributed by atoms with van der Waals surface area (Å²) in [6.45, 7) is 4.48. The van der Waals surface area contributed by atoms with Crippen molar-refractivity contribution in [1.29, 1.82) is 0 Å². The van der Waals surface area contributed by atoms with E-state index in [1.54, 1.807) is 12.3 Å². The van der Waals surface area contributed by atoms with Gasteiger partial charge in [0, 0.05) is 18.7 Å². The zero-order valence-corrected chi connectivity index (χ0v) is 14.0. The number of fused-ring (bicyclic) bond motifs is 2. The fourth-order valence-corrected chi connectivity index (χ4v) is 3.19. The van der Waals surface area contributed by atoms with Crippen LogP contribution in [0.3, 0.4) is 0 Å². The monoisotopic (exact) mass is 331 g/mol. The molecule has 6 heteroatoms. The van der Waals surface area contributed by atoms with Gasteiger partial charge in [0.05, 0.1) is 36.4 Å². The first kappa shape index (κ1) is 16.4. The summed E-state index contributed by atoms with van der Waals surface area (Å²) in [4.78, 5) is 25.9. The third-order valence-corrected chi connectivity index (χ3v) is 4.57. The van der Waals surface area contributed by atoms with E-state index in [0.717, 1.165) is 5.70 Å². The number of hydrogen-bond acceptors (Lipinski definition) is 5. The van der Waals surface area contributed by atoms with Crippen LogP contribution in [-0.4, -0.2) is 41.5 Å². The summed E-state index contributed by atoms with van der Waals surface area (Å²) in [5.41, 5.74) is 1.56. The van der Waals surface area contributed by atoms with Crippen LogP contribution < -0.4 is 0 Å². The third-order valence-electron chi connectivity index (χ3n) is 4.57. The van der Waals surface area contributed by atoms with Crippen molar-refractivity contribution in [3.8, 4) is 0 Å². The molecule has 0 spiro atoms. The highest BCUT2D eigenvalue weighted by atomic mass is 16.5. The van der Waals surface area contributed by atoms with Gasteiger partial charge in [-0.3, -0.25) is 4.79 Å². The molecule has 1 N–H and O–H groups in total. The predicted molar refractivity (Wildman–Crippen MR) is 86.6 cm³/mol. The number of methoxy groups -OCH3 is 1. The summed E-state index contributed by atoms with van der Waals surface area (Å²) < 4.78 is 11.1. The van der Waals surface area contributed by atoms with Gasteiger partial charge in [-0.15, -0.1) is 0 Å². The van der Waals surface area contributed by atoms with Gasteiger partial charge in [0.2, 0.25) is 0 Å². The lowest BCUT2D eigenvalue weighted by atomic mass is 9.92. The Bertz CT molecular complexity index is 711. The van der Waals surface area contributed by atoms with Gasteiger partial charge < -0.3 is 19.5 Å². The zero-order chi connectivity index (χ0) is 17.4. The molecule has 2 heterocycles. The van der Waals surface area contributed by atoms with E-state index in [9.17, 15) is 14.7 Å². The molecular weight excluding hydrogens is 310 g/mol. The Kier molecular flexibility index (Phi) is 4.22. The van der Waals surface area contributed by atoms with E-state index in [0.29, 0.717) is 29.3 Å². The van der Waals surface area contributed by atoms with Crippen molar-refractivity contribution in [3.05, 3.63) is 46.7 Å². The molecule has 1 atom stereocenters. The standard InChI is InChI=1S/C18H21NO5/c1-10(2)14-9-24-16-7-12(23-3)6-15(20)17(16)13-5-4-11(18(21)22)8-19(13)14/h5,7-8,10,14H,4,6,9H2,1-3H3,(H,21,22)/t14-/m0/s1. The molecule has 0 saturated carbocycles. The molecule has 3 rings (SSSR count). The van der Waals surface area contributed by atoms with Crippen LogP contribution >= 0.6 is 0 Å². The molecule has 0 aromatic rings. The van der Waals surface area contributed by atoms with E-state index >= 15 is 0 Å². The van der Waals surface area contributed by atoms with Crippen molar-refractivity contribution in [1.82, 2.24) is 4.90 Å². The highest BCUT2D eigenvalue weighted by Crippen LogP contribution is 2.37. The van der Waals surface area contributed by atoms with Gasteiger partial charge in [-0.1, -0.05) is 19.9 Å². The second-order valence-corrected chi connectivity index (χ2v) is 6.44. The minimum atomic E-state index is -0.941. The first-order valence-electron chi connectivity index (χ1n) is 8.00. The number of allylic oxidation sites excluding steroid dienone is 4.